The summed E-state index contributed by atoms with van der Waals surface area (Å²) in [5.74, 6) is -0.726. The normalized spacial score (nSPS) is 10.7. The summed E-state index contributed by atoms with van der Waals surface area (Å²) in [6, 6.07) is 8.93. The molecular weight excluding hydrogens is 364 g/mol. The minimum atomic E-state index is -0.726. The van der Waals surface area contributed by atoms with E-state index >= 15 is 0 Å². The topological polar surface area (TPSA) is 112 Å². The number of nitrogens with zero attached hydrogens (tertiary/aromatic N) is 1. The number of ether oxygens (including phenoxy) is 1. The van der Waals surface area contributed by atoms with Crippen LogP contribution in [0.3, 0.4) is 0 Å². The van der Waals surface area contributed by atoms with Gasteiger partial charge in [0, 0.05) is 30.1 Å². The summed E-state index contributed by atoms with van der Waals surface area (Å²) < 4.78 is 10.5. The van der Waals surface area contributed by atoms with E-state index in [1.165, 1.54) is 18.2 Å². The molecule has 1 N–H and O–H groups in total. The fourth-order valence-corrected chi connectivity index (χ4v) is 2.85. The number of benzene rings is 2. The number of anilines is 1. The summed E-state index contributed by atoms with van der Waals surface area (Å²) in [5.41, 5.74) is 2.46. The quantitative estimate of drug-likeness (QED) is 0.310. The molecule has 0 aliphatic carbocycles. The summed E-state index contributed by atoms with van der Waals surface area (Å²) in [7, 11) is 1.55. The maximum Gasteiger partial charge on any atom is 0.338 e. The van der Waals surface area contributed by atoms with Gasteiger partial charge in [-0.2, -0.15) is 0 Å². The third kappa shape index (κ3) is 3.71. The highest BCUT2D eigenvalue weighted by Crippen LogP contribution is 2.26. The largest absolute Gasteiger partial charge is 0.457 e. The Morgan fingerprint density at radius 3 is 2.57 bits per heavy atom. The Bertz CT molecular complexity index is 1150. The molecule has 8 nitrogen and oxygen atoms in total. The molecule has 0 fully saturated rings. The standard InChI is InChI=1S/C20H18N2O6/c1-11-6-15-14(9-19(23)28-18(15)7-12(11)2)10-27-20(24)13-4-5-16(21-3)17(8-13)22(25)26/h4-9,21H,10H2,1-3H3. The van der Waals surface area contributed by atoms with Crippen molar-refractivity contribution in [3.63, 3.8) is 0 Å². The molecule has 2 aromatic carbocycles. The number of carbonyl (C=O) groups excluding carboxylic acids is 1. The van der Waals surface area contributed by atoms with E-state index in [1.807, 2.05) is 19.9 Å². The van der Waals surface area contributed by atoms with E-state index in [4.69, 9.17) is 9.15 Å². The molecule has 28 heavy (non-hydrogen) atoms. The number of aryl methyl sites for hydroxylation is 2. The smallest absolute Gasteiger partial charge is 0.338 e. The summed E-state index contributed by atoms with van der Waals surface area (Å²) in [5, 5.41) is 14.5. The van der Waals surface area contributed by atoms with Crippen molar-refractivity contribution in [2.45, 2.75) is 20.5 Å². The molecule has 0 saturated carbocycles. The minimum Gasteiger partial charge on any atom is -0.457 e. The van der Waals surface area contributed by atoms with E-state index in [2.05, 4.69) is 5.32 Å². The SMILES string of the molecule is CNc1ccc(C(=O)OCc2cc(=O)oc3cc(C)c(C)cc23)cc1[N+](=O)[O-]. The third-order valence-electron chi connectivity index (χ3n) is 4.50. The third-order valence-corrected chi connectivity index (χ3v) is 4.50. The number of nitrogens with one attached hydrogen (secondary N) is 1. The number of hydrogen-bond acceptors (Lipinski definition) is 7. The molecule has 0 radical (unpaired) electrons. The Morgan fingerprint density at radius 2 is 1.89 bits per heavy atom. The van der Waals surface area contributed by atoms with E-state index in [-0.39, 0.29) is 17.9 Å². The van der Waals surface area contributed by atoms with Gasteiger partial charge in [0.1, 0.15) is 17.9 Å². The van der Waals surface area contributed by atoms with E-state index in [0.717, 1.165) is 17.2 Å². The van der Waals surface area contributed by atoms with E-state index < -0.39 is 16.5 Å². The van der Waals surface area contributed by atoms with Crippen LogP contribution in [0.4, 0.5) is 11.4 Å². The summed E-state index contributed by atoms with van der Waals surface area (Å²) in [6.45, 7) is 3.67. The highest BCUT2D eigenvalue weighted by molar-refractivity contribution is 5.91. The van der Waals surface area contributed by atoms with Crippen LogP contribution in [0, 0.1) is 24.0 Å². The first-order chi connectivity index (χ1) is 13.3. The van der Waals surface area contributed by atoms with E-state index in [9.17, 15) is 19.7 Å². The summed E-state index contributed by atoms with van der Waals surface area (Å²) >= 11 is 0. The van der Waals surface area contributed by atoms with Gasteiger partial charge in [-0.1, -0.05) is 0 Å². The van der Waals surface area contributed by atoms with Crippen LogP contribution in [0.25, 0.3) is 11.0 Å². The fraction of sp³-hybridized carbons (Fsp3) is 0.200. The second kappa shape index (κ2) is 7.51. The first-order valence-electron chi connectivity index (χ1n) is 8.47. The van der Waals surface area contributed by atoms with Gasteiger partial charge in [0.25, 0.3) is 5.69 Å². The van der Waals surface area contributed by atoms with Crippen LogP contribution in [-0.4, -0.2) is 17.9 Å². The predicted molar refractivity (Wildman–Crippen MR) is 104 cm³/mol. The molecule has 0 saturated heterocycles. The van der Waals surface area contributed by atoms with Gasteiger partial charge in [-0.05, 0) is 49.2 Å². The molecule has 8 heteroatoms. The molecule has 0 unspecified atom stereocenters. The molecule has 3 aromatic rings. The fourth-order valence-electron chi connectivity index (χ4n) is 2.85. The first-order valence-corrected chi connectivity index (χ1v) is 8.47. The van der Waals surface area contributed by atoms with Crippen molar-refractivity contribution in [3.8, 4) is 0 Å². The Kier molecular flexibility index (Phi) is 5.12. The van der Waals surface area contributed by atoms with Crippen LogP contribution in [0.2, 0.25) is 0 Å². The molecule has 0 bridgehead atoms. The number of rotatable bonds is 5. The van der Waals surface area contributed by atoms with Crippen LogP contribution in [0.15, 0.2) is 45.6 Å². The number of carbonyl (C=O) groups is 1. The lowest BCUT2D eigenvalue weighted by molar-refractivity contribution is -0.384. The molecule has 0 aliphatic heterocycles. The lowest BCUT2D eigenvalue weighted by atomic mass is 10.0. The monoisotopic (exact) mass is 382 g/mol. The van der Waals surface area contributed by atoms with Gasteiger partial charge < -0.3 is 14.5 Å². The summed E-state index contributed by atoms with van der Waals surface area (Å²) in [4.78, 5) is 34.8. The Morgan fingerprint density at radius 1 is 1.18 bits per heavy atom. The van der Waals surface area contributed by atoms with Crippen LogP contribution in [-0.2, 0) is 11.3 Å². The number of fused-ring (bicyclic) bond motifs is 1. The van der Waals surface area contributed by atoms with Gasteiger partial charge >= 0.3 is 11.6 Å². The number of hydrogen-bond donors (Lipinski definition) is 1. The van der Waals surface area contributed by atoms with Crippen molar-refractivity contribution in [2.75, 3.05) is 12.4 Å². The maximum absolute atomic E-state index is 12.4. The number of nitro groups is 1. The lowest BCUT2D eigenvalue weighted by Gasteiger charge is -2.10. The molecule has 0 amide bonds. The minimum absolute atomic E-state index is 0.0463. The van der Waals surface area contributed by atoms with Crippen LogP contribution in [0.5, 0.6) is 0 Å². The first kappa shape index (κ1) is 19.1. The maximum atomic E-state index is 12.4. The lowest BCUT2D eigenvalue weighted by Crippen LogP contribution is -2.09. The van der Waals surface area contributed by atoms with Gasteiger partial charge in [-0.15, -0.1) is 0 Å². The van der Waals surface area contributed by atoms with Crippen LogP contribution < -0.4 is 10.9 Å². The predicted octanol–water partition coefficient (Wildman–Crippen LogP) is 3.72. The van der Waals surface area contributed by atoms with Crippen LogP contribution in [0.1, 0.15) is 27.0 Å². The molecule has 1 aromatic heterocycles. The van der Waals surface area contributed by atoms with Gasteiger partial charge in [-0.25, -0.2) is 9.59 Å². The molecule has 0 aliphatic rings. The van der Waals surface area contributed by atoms with Crippen molar-refractivity contribution in [2.24, 2.45) is 0 Å². The van der Waals surface area contributed by atoms with Crippen molar-refractivity contribution in [3.05, 3.63) is 79.2 Å². The molecule has 1 heterocycles. The van der Waals surface area contributed by atoms with Crippen molar-refractivity contribution in [1.82, 2.24) is 0 Å². The van der Waals surface area contributed by atoms with Crippen molar-refractivity contribution < 1.29 is 18.9 Å². The van der Waals surface area contributed by atoms with Gasteiger partial charge in [0.15, 0.2) is 0 Å². The zero-order valence-corrected chi connectivity index (χ0v) is 15.6. The summed E-state index contributed by atoms with van der Waals surface area (Å²) in [6.07, 6.45) is 0. The second-order valence-corrected chi connectivity index (χ2v) is 6.34. The van der Waals surface area contributed by atoms with Gasteiger partial charge in [0.05, 0.1) is 10.5 Å². The second-order valence-electron chi connectivity index (χ2n) is 6.34. The van der Waals surface area contributed by atoms with Crippen molar-refractivity contribution >= 4 is 28.3 Å². The van der Waals surface area contributed by atoms with Crippen molar-refractivity contribution in [1.29, 1.82) is 0 Å². The Balaban J connectivity index is 1.89. The zero-order chi connectivity index (χ0) is 20.4. The van der Waals surface area contributed by atoms with Gasteiger partial charge in [0.2, 0.25) is 0 Å². The molecule has 3 rings (SSSR count). The number of esters is 1. The van der Waals surface area contributed by atoms with E-state index in [0.29, 0.717) is 22.2 Å². The average molecular weight is 382 g/mol. The highest BCUT2D eigenvalue weighted by Gasteiger charge is 2.18. The number of nitro benzene ring substituents is 1. The van der Waals surface area contributed by atoms with E-state index in [1.54, 1.807) is 13.1 Å². The molecular formula is C20H18N2O6. The average Bonchev–Trinajstić information content (AvgIpc) is 2.66. The molecule has 0 spiro atoms. The Hall–Kier alpha value is -3.68. The molecule has 144 valence electrons. The highest BCUT2D eigenvalue weighted by atomic mass is 16.6. The van der Waals surface area contributed by atoms with Crippen LogP contribution >= 0.6 is 0 Å². The Labute approximate surface area is 159 Å². The van der Waals surface area contributed by atoms with Gasteiger partial charge in [-0.3, -0.25) is 10.1 Å². The molecule has 0 atom stereocenters. The zero-order valence-electron chi connectivity index (χ0n) is 15.6.